The molecule has 0 unspecified atom stereocenters. The molecule has 94 valence electrons. The van der Waals surface area contributed by atoms with Crippen molar-refractivity contribution in [1.82, 2.24) is 4.90 Å². The fourth-order valence-corrected chi connectivity index (χ4v) is 3.53. The van der Waals surface area contributed by atoms with Crippen LogP contribution in [0.3, 0.4) is 0 Å². The standard InChI is InChI=1S/C14H28N2/c15-10-4-1-5-11-16-12-8-14(9-13-16)6-2-3-7-14/h1-13,15H2. The van der Waals surface area contributed by atoms with E-state index in [1.165, 1.54) is 77.4 Å². The molecule has 1 heterocycles. The maximum atomic E-state index is 5.51. The molecule has 2 nitrogen and oxygen atoms in total. The van der Waals surface area contributed by atoms with Crippen molar-refractivity contribution in [1.29, 1.82) is 0 Å². The van der Waals surface area contributed by atoms with Crippen molar-refractivity contribution < 1.29 is 0 Å². The van der Waals surface area contributed by atoms with Gasteiger partial charge in [0.15, 0.2) is 0 Å². The molecule has 0 aromatic rings. The lowest BCUT2D eigenvalue weighted by atomic mass is 9.77. The number of piperidine rings is 1. The maximum absolute atomic E-state index is 5.51. The SMILES string of the molecule is NCCCCCN1CCC2(CCCC2)CC1. The number of nitrogens with zero attached hydrogens (tertiary/aromatic N) is 1. The first kappa shape index (κ1) is 12.4. The highest BCUT2D eigenvalue weighted by atomic mass is 15.1. The van der Waals surface area contributed by atoms with Crippen molar-refractivity contribution in [2.75, 3.05) is 26.2 Å². The Morgan fingerprint density at radius 3 is 2.19 bits per heavy atom. The van der Waals surface area contributed by atoms with Crippen LogP contribution in [0.5, 0.6) is 0 Å². The third kappa shape index (κ3) is 3.21. The van der Waals surface area contributed by atoms with E-state index in [9.17, 15) is 0 Å². The van der Waals surface area contributed by atoms with Gasteiger partial charge < -0.3 is 10.6 Å². The zero-order valence-electron chi connectivity index (χ0n) is 10.7. The summed E-state index contributed by atoms with van der Waals surface area (Å²) >= 11 is 0. The zero-order chi connectivity index (χ0) is 11.3. The quantitative estimate of drug-likeness (QED) is 0.728. The topological polar surface area (TPSA) is 29.3 Å². The molecule has 1 saturated carbocycles. The summed E-state index contributed by atoms with van der Waals surface area (Å²) in [6.07, 6.45) is 12.9. The molecule has 1 spiro atoms. The van der Waals surface area contributed by atoms with Crippen molar-refractivity contribution in [3.8, 4) is 0 Å². The number of rotatable bonds is 5. The van der Waals surface area contributed by atoms with Crippen LogP contribution in [0.4, 0.5) is 0 Å². The Bertz CT molecular complexity index is 187. The van der Waals surface area contributed by atoms with Crippen LogP contribution in [0.1, 0.15) is 57.8 Å². The van der Waals surface area contributed by atoms with E-state index in [0.717, 1.165) is 12.0 Å². The molecule has 0 aromatic heterocycles. The van der Waals surface area contributed by atoms with Crippen LogP contribution >= 0.6 is 0 Å². The fraction of sp³-hybridized carbons (Fsp3) is 1.00. The minimum atomic E-state index is 0.785. The van der Waals surface area contributed by atoms with Crippen LogP contribution in [-0.2, 0) is 0 Å². The molecule has 2 aliphatic rings. The van der Waals surface area contributed by atoms with Gasteiger partial charge >= 0.3 is 0 Å². The molecule has 0 bridgehead atoms. The molecule has 2 rings (SSSR count). The van der Waals surface area contributed by atoms with Gasteiger partial charge in [-0.3, -0.25) is 0 Å². The smallest absolute Gasteiger partial charge is 0.00134 e. The Labute approximate surface area is 101 Å². The molecule has 1 aliphatic heterocycles. The van der Waals surface area contributed by atoms with Crippen LogP contribution in [-0.4, -0.2) is 31.1 Å². The Hall–Kier alpha value is -0.0800. The van der Waals surface area contributed by atoms with E-state index < -0.39 is 0 Å². The zero-order valence-corrected chi connectivity index (χ0v) is 10.7. The van der Waals surface area contributed by atoms with E-state index in [2.05, 4.69) is 4.90 Å². The second-order valence-electron chi connectivity index (χ2n) is 5.90. The molecule has 16 heavy (non-hydrogen) atoms. The normalized spacial score (nSPS) is 25.3. The van der Waals surface area contributed by atoms with Crippen molar-refractivity contribution in [3.05, 3.63) is 0 Å². The van der Waals surface area contributed by atoms with Crippen LogP contribution < -0.4 is 5.73 Å². The largest absolute Gasteiger partial charge is 0.330 e. The van der Waals surface area contributed by atoms with Gasteiger partial charge in [0.1, 0.15) is 0 Å². The van der Waals surface area contributed by atoms with E-state index in [1.807, 2.05) is 0 Å². The van der Waals surface area contributed by atoms with Gasteiger partial charge in [0, 0.05) is 0 Å². The lowest BCUT2D eigenvalue weighted by molar-refractivity contribution is 0.107. The number of nitrogens with two attached hydrogens (primary N) is 1. The molecule has 0 amide bonds. The van der Waals surface area contributed by atoms with Crippen molar-refractivity contribution >= 4 is 0 Å². The molecule has 1 saturated heterocycles. The van der Waals surface area contributed by atoms with Crippen LogP contribution in [0.2, 0.25) is 0 Å². The summed E-state index contributed by atoms with van der Waals surface area (Å²) in [4.78, 5) is 2.68. The molecule has 0 atom stereocenters. The lowest BCUT2D eigenvalue weighted by Gasteiger charge is -2.39. The Morgan fingerprint density at radius 2 is 1.56 bits per heavy atom. The maximum Gasteiger partial charge on any atom is -0.00134 e. The molecule has 2 heteroatoms. The molecular weight excluding hydrogens is 196 g/mol. The molecule has 0 radical (unpaired) electrons. The first-order valence-electron chi connectivity index (χ1n) is 7.27. The molecule has 1 aliphatic carbocycles. The molecule has 2 fully saturated rings. The predicted octanol–water partition coefficient (Wildman–Crippen LogP) is 2.77. The van der Waals surface area contributed by atoms with Gasteiger partial charge in [-0.25, -0.2) is 0 Å². The van der Waals surface area contributed by atoms with Crippen molar-refractivity contribution in [2.45, 2.75) is 57.8 Å². The summed E-state index contributed by atoms with van der Waals surface area (Å²) in [5, 5.41) is 0. The Morgan fingerprint density at radius 1 is 0.875 bits per heavy atom. The summed E-state index contributed by atoms with van der Waals surface area (Å²) in [5.74, 6) is 0. The van der Waals surface area contributed by atoms with Gasteiger partial charge in [0.05, 0.1) is 0 Å². The van der Waals surface area contributed by atoms with Gasteiger partial charge in [0.2, 0.25) is 0 Å². The molecule has 2 N–H and O–H groups in total. The van der Waals surface area contributed by atoms with E-state index in [4.69, 9.17) is 5.73 Å². The van der Waals surface area contributed by atoms with Gasteiger partial charge in [-0.15, -0.1) is 0 Å². The van der Waals surface area contributed by atoms with Gasteiger partial charge in [-0.05, 0) is 70.1 Å². The van der Waals surface area contributed by atoms with Crippen LogP contribution in [0, 0.1) is 5.41 Å². The van der Waals surface area contributed by atoms with Gasteiger partial charge in [-0.1, -0.05) is 19.3 Å². The summed E-state index contributed by atoms with van der Waals surface area (Å²) in [7, 11) is 0. The van der Waals surface area contributed by atoms with E-state index in [1.54, 1.807) is 0 Å². The fourth-order valence-electron chi connectivity index (χ4n) is 3.53. The highest BCUT2D eigenvalue weighted by molar-refractivity contribution is 4.89. The predicted molar refractivity (Wildman–Crippen MR) is 69.5 cm³/mol. The van der Waals surface area contributed by atoms with Gasteiger partial charge in [0.25, 0.3) is 0 Å². The second-order valence-corrected chi connectivity index (χ2v) is 5.90. The summed E-state index contributed by atoms with van der Waals surface area (Å²) in [6, 6.07) is 0. The average molecular weight is 224 g/mol. The summed E-state index contributed by atoms with van der Waals surface area (Å²) in [6.45, 7) is 4.91. The number of unbranched alkanes of at least 4 members (excludes halogenated alkanes) is 2. The van der Waals surface area contributed by atoms with Crippen LogP contribution in [0.15, 0.2) is 0 Å². The number of likely N-dealkylation sites (tertiary alicyclic amines) is 1. The highest BCUT2D eigenvalue weighted by Crippen LogP contribution is 2.46. The number of hydrogen-bond donors (Lipinski definition) is 1. The van der Waals surface area contributed by atoms with Crippen molar-refractivity contribution in [3.63, 3.8) is 0 Å². The minimum absolute atomic E-state index is 0.785. The Kier molecular flexibility index (Phi) is 4.66. The second kappa shape index (κ2) is 6.02. The first-order chi connectivity index (χ1) is 7.85. The number of hydrogen-bond acceptors (Lipinski definition) is 2. The average Bonchev–Trinajstić information content (AvgIpc) is 2.76. The molecular formula is C14H28N2. The van der Waals surface area contributed by atoms with E-state index in [-0.39, 0.29) is 0 Å². The van der Waals surface area contributed by atoms with Gasteiger partial charge in [-0.2, -0.15) is 0 Å². The highest BCUT2D eigenvalue weighted by Gasteiger charge is 2.36. The first-order valence-corrected chi connectivity index (χ1v) is 7.27. The third-order valence-electron chi connectivity index (χ3n) is 4.76. The van der Waals surface area contributed by atoms with Crippen LogP contribution in [0.25, 0.3) is 0 Å². The summed E-state index contributed by atoms with van der Waals surface area (Å²) in [5.41, 5.74) is 6.30. The minimum Gasteiger partial charge on any atom is -0.330 e. The Balaban J connectivity index is 1.61. The lowest BCUT2D eigenvalue weighted by Crippen LogP contribution is -2.39. The monoisotopic (exact) mass is 224 g/mol. The third-order valence-corrected chi connectivity index (χ3v) is 4.76. The van der Waals surface area contributed by atoms with E-state index in [0.29, 0.717) is 0 Å². The molecule has 0 aromatic carbocycles. The summed E-state index contributed by atoms with van der Waals surface area (Å²) < 4.78 is 0. The van der Waals surface area contributed by atoms with E-state index >= 15 is 0 Å². The van der Waals surface area contributed by atoms with Crippen molar-refractivity contribution in [2.24, 2.45) is 11.1 Å².